The van der Waals surface area contributed by atoms with Crippen LogP contribution in [0.3, 0.4) is 0 Å². The van der Waals surface area contributed by atoms with Crippen molar-refractivity contribution < 1.29 is 119 Å². The van der Waals surface area contributed by atoms with Gasteiger partial charge in [0, 0.05) is 16.7 Å². The van der Waals surface area contributed by atoms with Crippen LogP contribution < -0.4 is 0 Å². The second-order valence-electron chi connectivity index (χ2n) is 25.6. The maximum Gasteiger partial charge on any atom is 0.187 e. The number of ether oxygens (including phenoxy) is 9. The van der Waals surface area contributed by atoms with Crippen LogP contribution >= 0.6 is 0 Å². The largest absolute Gasteiger partial charge is 0.394 e. The molecule has 0 aromatic carbocycles. The highest BCUT2D eigenvalue weighted by Crippen LogP contribution is 2.75. The minimum atomic E-state index is -1.77. The fourth-order valence-corrected chi connectivity index (χ4v) is 16.5. The topological polar surface area (TPSA) is 387 Å². The van der Waals surface area contributed by atoms with Crippen molar-refractivity contribution in [1.82, 2.24) is 0 Å². The maximum atomic E-state index is 12.7. The molecule has 9 aliphatic rings. The Morgan fingerprint density at radius 3 is 1.69 bits per heavy atom. The summed E-state index contributed by atoms with van der Waals surface area (Å²) in [5.74, 6) is -0.241. The van der Waals surface area contributed by atoms with Crippen LogP contribution in [0.2, 0.25) is 0 Å². The third kappa shape index (κ3) is 10.4. The minimum absolute atomic E-state index is 0.0389. The van der Waals surface area contributed by atoms with Gasteiger partial charge in [0.2, 0.25) is 0 Å². The highest BCUT2D eigenvalue weighted by molar-refractivity contribution is 5.19. The van der Waals surface area contributed by atoms with Crippen LogP contribution in [0.25, 0.3) is 0 Å². The van der Waals surface area contributed by atoms with Crippen LogP contribution in [0, 0.1) is 50.7 Å². The van der Waals surface area contributed by atoms with Gasteiger partial charge in [0.1, 0.15) is 91.6 Å². The van der Waals surface area contributed by atoms with Crippen LogP contribution in [0.1, 0.15) is 98.8 Å². The first-order valence-corrected chi connectivity index (χ1v) is 28.1. The Kier molecular flexibility index (Phi) is 18.3. The zero-order chi connectivity index (χ0) is 55.9. The van der Waals surface area contributed by atoms with Crippen molar-refractivity contribution in [3.8, 4) is 0 Å². The van der Waals surface area contributed by atoms with Gasteiger partial charge >= 0.3 is 0 Å². The summed E-state index contributed by atoms with van der Waals surface area (Å²) in [6, 6.07) is 0. The van der Waals surface area contributed by atoms with Crippen molar-refractivity contribution in [2.45, 2.75) is 234 Å². The van der Waals surface area contributed by atoms with Gasteiger partial charge in [-0.1, -0.05) is 34.6 Å². The molecule has 1 spiro atoms. The number of rotatable bonds is 14. The van der Waals surface area contributed by atoms with Gasteiger partial charge in [-0.25, -0.2) is 0 Å². The molecular weight excluding hydrogens is 1020 g/mol. The Hall–Kier alpha value is -0.960. The van der Waals surface area contributed by atoms with Gasteiger partial charge < -0.3 is 119 Å². The van der Waals surface area contributed by atoms with E-state index >= 15 is 0 Å². The highest BCUT2D eigenvalue weighted by atomic mass is 16.8. The predicted molar refractivity (Wildman–Crippen MR) is 261 cm³/mol. The molecule has 0 amide bonds. The van der Waals surface area contributed by atoms with Crippen molar-refractivity contribution in [1.29, 1.82) is 0 Å². The lowest BCUT2D eigenvalue weighted by Crippen LogP contribution is -2.69. The zero-order valence-corrected chi connectivity index (χ0v) is 44.9. The standard InChI is InChI=1S/C53H90O24/c1-23(19-69-45-41(66)37(62)34(59)27(16-54)73-45)26-8-13-53(22-71-26)15-14-51(4)24(44(53)68)6-7-31-49(2)11-10-32(76-48-43(39(64)36(61)29(18-56)75-48)77-46-40(65)33(58)25(57)20-70-46)50(3,30(49)9-12-52(31,51)5)21-72-47-42(67)38(63)35(60)28(17-55)74-47/h23-48,54-68H,6-22H2,1-5H3. The van der Waals surface area contributed by atoms with Gasteiger partial charge in [0.25, 0.3) is 0 Å². The number of aliphatic hydroxyl groups is 15. The molecule has 5 heterocycles. The van der Waals surface area contributed by atoms with Crippen LogP contribution in [-0.2, 0) is 42.6 Å². The fourth-order valence-electron chi connectivity index (χ4n) is 16.5. The smallest absolute Gasteiger partial charge is 0.187 e. The zero-order valence-electron chi connectivity index (χ0n) is 44.9. The number of hydrogen-bond donors (Lipinski definition) is 15. The van der Waals surface area contributed by atoms with Crippen LogP contribution in [0.4, 0.5) is 0 Å². The minimum Gasteiger partial charge on any atom is -0.394 e. The summed E-state index contributed by atoms with van der Waals surface area (Å²) < 4.78 is 55.0. The molecular formula is C53H90O24. The van der Waals surface area contributed by atoms with E-state index in [0.717, 1.165) is 38.5 Å². The SMILES string of the molecule is CC(COC1OC(CO)C(O)C(O)C1O)C1CCC2(CCC3(C)C(CCC4C5(C)CCC(OC6OC(CO)C(O)C(O)C6OC6OCC(O)C(O)C6O)C(C)(COC6OC(CO)C(O)C(O)C6O)C5CCC43C)C2O)CO1. The highest BCUT2D eigenvalue weighted by Gasteiger charge is 2.71. The number of hydrogen-bond acceptors (Lipinski definition) is 24. The summed E-state index contributed by atoms with van der Waals surface area (Å²) in [6.45, 7) is 8.95. The molecule has 5 saturated heterocycles. The number of aliphatic hydroxyl groups excluding tert-OH is 15. The molecule has 15 N–H and O–H groups in total. The summed E-state index contributed by atoms with van der Waals surface area (Å²) in [4.78, 5) is 0. The predicted octanol–water partition coefficient (Wildman–Crippen LogP) is -3.52. The van der Waals surface area contributed by atoms with E-state index in [-0.39, 0.29) is 53.8 Å². The van der Waals surface area contributed by atoms with E-state index < -0.39 is 172 Å². The van der Waals surface area contributed by atoms with E-state index in [2.05, 4.69) is 20.8 Å². The van der Waals surface area contributed by atoms with Gasteiger partial charge in [0.15, 0.2) is 25.2 Å². The molecule has 0 bridgehead atoms. The molecule has 24 nitrogen and oxygen atoms in total. The maximum absolute atomic E-state index is 12.7. The van der Waals surface area contributed by atoms with E-state index in [4.69, 9.17) is 42.6 Å². The van der Waals surface area contributed by atoms with E-state index in [0.29, 0.717) is 32.3 Å². The molecule has 4 aliphatic carbocycles. The molecule has 446 valence electrons. The Bertz CT molecular complexity index is 1950. The first-order valence-electron chi connectivity index (χ1n) is 28.1. The first kappa shape index (κ1) is 60.6. The first-order chi connectivity index (χ1) is 36.3. The van der Waals surface area contributed by atoms with Crippen molar-refractivity contribution in [2.24, 2.45) is 50.7 Å². The summed E-state index contributed by atoms with van der Waals surface area (Å²) >= 11 is 0. The average Bonchev–Trinajstić information content (AvgIpc) is 3.56. The quantitative estimate of drug-likeness (QED) is 0.0750. The lowest BCUT2D eigenvalue weighted by atomic mass is 9.33. The van der Waals surface area contributed by atoms with Gasteiger partial charge in [-0.3, -0.25) is 0 Å². The van der Waals surface area contributed by atoms with Crippen LogP contribution in [0.15, 0.2) is 0 Å². The summed E-state index contributed by atoms with van der Waals surface area (Å²) in [7, 11) is 0. The molecule has 24 heteroatoms. The molecule has 4 saturated carbocycles. The van der Waals surface area contributed by atoms with Crippen molar-refractivity contribution in [2.75, 3.05) is 46.2 Å². The molecule has 5 aliphatic heterocycles. The summed E-state index contributed by atoms with van der Waals surface area (Å²) in [6.07, 6.45) is -23.6. The van der Waals surface area contributed by atoms with Crippen molar-refractivity contribution >= 4 is 0 Å². The van der Waals surface area contributed by atoms with E-state index in [9.17, 15) is 76.6 Å². The molecule has 77 heavy (non-hydrogen) atoms. The normalized spacial score (nSPS) is 55.7. The average molecular weight is 1110 g/mol. The lowest BCUT2D eigenvalue weighted by Gasteiger charge is -2.73. The Labute approximate surface area is 449 Å². The van der Waals surface area contributed by atoms with Gasteiger partial charge in [-0.2, -0.15) is 0 Å². The van der Waals surface area contributed by atoms with E-state index in [1.54, 1.807) is 0 Å². The van der Waals surface area contributed by atoms with Gasteiger partial charge in [0.05, 0.1) is 64.6 Å². The van der Waals surface area contributed by atoms with Crippen LogP contribution in [0.5, 0.6) is 0 Å². The van der Waals surface area contributed by atoms with E-state index in [1.807, 2.05) is 13.8 Å². The third-order valence-electron chi connectivity index (χ3n) is 21.6. The fraction of sp³-hybridized carbons (Fsp3) is 1.00. The van der Waals surface area contributed by atoms with Crippen molar-refractivity contribution in [3.05, 3.63) is 0 Å². The molecule has 0 radical (unpaired) electrons. The Balaban J connectivity index is 0.932. The monoisotopic (exact) mass is 1110 g/mol. The molecule has 0 aromatic rings. The molecule has 31 unspecified atom stereocenters. The summed E-state index contributed by atoms with van der Waals surface area (Å²) in [5.41, 5.74) is -2.42. The Morgan fingerprint density at radius 1 is 0.506 bits per heavy atom. The summed E-state index contributed by atoms with van der Waals surface area (Å²) in [5, 5.41) is 160. The van der Waals surface area contributed by atoms with E-state index in [1.165, 1.54) is 0 Å². The van der Waals surface area contributed by atoms with Crippen LogP contribution in [-0.4, -0.2) is 258 Å². The van der Waals surface area contributed by atoms with Gasteiger partial charge in [-0.15, -0.1) is 0 Å². The third-order valence-corrected chi connectivity index (χ3v) is 21.6. The lowest BCUT2D eigenvalue weighted by molar-refractivity contribution is -0.375. The molecule has 31 atom stereocenters. The Morgan fingerprint density at radius 2 is 1.09 bits per heavy atom. The second kappa shape index (κ2) is 23.2. The molecule has 9 rings (SSSR count). The van der Waals surface area contributed by atoms with Gasteiger partial charge in [-0.05, 0) is 98.2 Å². The number of fused-ring (bicyclic) bond motifs is 5. The van der Waals surface area contributed by atoms with Crippen molar-refractivity contribution in [3.63, 3.8) is 0 Å². The second-order valence-corrected chi connectivity index (χ2v) is 25.6. The molecule has 0 aromatic heterocycles. The molecule has 9 fully saturated rings.